The topological polar surface area (TPSA) is 70.5 Å². The predicted molar refractivity (Wildman–Crippen MR) is 80.0 cm³/mol. The number of carboxylic acid groups (broad SMARTS) is 1. The van der Waals surface area contributed by atoms with Crippen molar-refractivity contribution in [1.29, 1.82) is 0 Å². The molecule has 0 aromatic carbocycles. The highest BCUT2D eigenvalue weighted by Crippen LogP contribution is 2.27. The number of thioether (sulfide) groups is 1. The summed E-state index contributed by atoms with van der Waals surface area (Å²) >= 11 is 3.29. The number of aryl methyl sites for hydroxylation is 1. The summed E-state index contributed by atoms with van der Waals surface area (Å²) in [6, 6.07) is 0.157. The monoisotopic (exact) mass is 314 g/mol. The molecule has 0 atom stereocenters. The number of carbonyl (C=O) groups excluding carboxylic acids is 1. The second-order valence-corrected chi connectivity index (χ2v) is 6.97. The Morgan fingerprint density at radius 2 is 2.30 bits per heavy atom. The minimum atomic E-state index is -0.934. The molecule has 1 N–H and O–H groups in total. The fourth-order valence-electron chi connectivity index (χ4n) is 1.91. The standard InChI is InChI=1S/C13H18N2O3S2/c1-9-14-10(8-20-9)7-19-5-4-12(16)15(6-13(17)18)11-2-3-11/h8,11H,2-7H2,1H3,(H,17,18). The van der Waals surface area contributed by atoms with Crippen LogP contribution in [0.15, 0.2) is 5.38 Å². The van der Waals surface area contributed by atoms with E-state index >= 15 is 0 Å². The highest BCUT2D eigenvalue weighted by Gasteiger charge is 2.33. The van der Waals surface area contributed by atoms with E-state index in [0.717, 1.165) is 29.3 Å². The van der Waals surface area contributed by atoms with Crippen molar-refractivity contribution < 1.29 is 14.7 Å². The molecule has 0 unspecified atom stereocenters. The van der Waals surface area contributed by atoms with Crippen LogP contribution in [0.25, 0.3) is 0 Å². The van der Waals surface area contributed by atoms with Crippen LogP contribution in [-0.4, -0.2) is 45.2 Å². The van der Waals surface area contributed by atoms with E-state index in [2.05, 4.69) is 4.98 Å². The molecule has 5 nitrogen and oxygen atoms in total. The number of carboxylic acids is 1. The lowest BCUT2D eigenvalue weighted by Gasteiger charge is -2.19. The Morgan fingerprint density at radius 1 is 1.55 bits per heavy atom. The normalized spacial score (nSPS) is 14.2. The molecule has 1 amide bonds. The zero-order valence-electron chi connectivity index (χ0n) is 11.4. The second-order valence-electron chi connectivity index (χ2n) is 4.81. The number of rotatable bonds is 8. The van der Waals surface area contributed by atoms with E-state index in [4.69, 9.17) is 5.11 Å². The lowest BCUT2D eigenvalue weighted by Crippen LogP contribution is -2.37. The van der Waals surface area contributed by atoms with E-state index < -0.39 is 5.97 Å². The molecule has 0 aliphatic heterocycles. The van der Waals surface area contributed by atoms with Crippen molar-refractivity contribution in [1.82, 2.24) is 9.88 Å². The van der Waals surface area contributed by atoms with Crippen LogP contribution in [0.5, 0.6) is 0 Å². The van der Waals surface area contributed by atoms with Crippen molar-refractivity contribution >= 4 is 35.0 Å². The first kappa shape index (κ1) is 15.3. The Kier molecular flexibility index (Phi) is 5.42. The average molecular weight is 314 g/mol. The van der Waals surface area contributed by atoms with E-state index in [0.29, 0.717) is 12.2 Å². The summed E-state index contributed by atoms with van der Waals surface area (Å²) in [4.78, 5) is 28.6. The van der Waals surface area contributed by atoms with Crippen LogP contribution in [0.2, 0.25) is 0 Å². The summed E-state index contributed by atoms with van der Waals surface area (Å²) < 4.78 is 0. The van der Waals surface area contributed by atoms with Crippen molar-refractivity contribution in [3.05, 3.63) is 16.1 Å². The number of hydrogen-bond donors (Lipinski definition) is 1. The van der Waals surface area contributed by atoms with Gasteiger partial charge in [0.05, 0.1) is 10.7 Å². The van der Waals surface area contributed by atoms with Crippen LogP contribution < -0.4 is 0 Å². The van der Waals surface area contributed by atoms with Gasteiger partial charge in [-0.05, 0) is 19.8 Å². The van der Waals surface area contributed by atoms with E-state index in [1.54, 1.807) is 23.1 Å². The van der Waals surface area contributed by atoms with Gasteiger partial charge in [0.15, 0.2) is 0 Å². The zero-order valence-corrected chi connectivity index (χ0v) is 13.0. The third kappa shape index (κ3) is 4.79. The van der Waals surface area contributed by atoms with Gasteiger partial charge in [-0.25, -0.2) is 4.98 Å². The van der Waals surface area contributed by atoms with Crippen molar-refractivity contribution in [2.75, 3.05) is 12.3 Å². The van der Waals surface area contributed by atoms with Crippen molar-refractivity contribution in [2.45, 2.75) is 38.0 Å². The zero-order chi connectivity index (χ0) is 14.5. The fourth-order valence-corrected chi connectivity index (χ4v) is 3.45. The van der Waals surface area contributed by atoms with Gasteiger partial charge in [-0.15, -0.1) is 11.3 Å². The molecule has 1 aliphatic rings. The fraction of sp³-hybridized carbons (Fsp3) is 0.615. The van der Waals surface area contributed by atoms with Gasteiger partial charge >= 0.3 is 5.97 Å². The van der Waals surface area contributed by atoms with Gasteiger partial charge in [0.1, 0.15) is 6.54 Å². The molecule has 110 valence electrons. The first-order valence-corrected chi connectivity index (χ1v) is 8.59. The van der Waals surface area contributed by atoms with Gasteiger partial charge < -0.3 is 10.0 Å². The maximum Gasteiger partial charge on any atom is 0.323 e. The Hall–Kier alpha value is -1.08. The van der Waals surface area contributed by atoms with Crippen LogP contribution in [0, 0.1) is 6.92 Å². The van der Waals surface area contributed by atoms with E-state index in [1.807, 2.05) is 12.3 Å². The quantitative estimate of drug-likeness (QED) is 0.745. The van der Waals surface area contributed by atoms with Crippen LogP contribution in [0.4, 0.5) is 0 Å². The smallest absolute Gasteiger partial charge is 0.323 e. The Labute approximate surface area is 126 Å². The van der Waals surface area contributed by atoms with Gasteiger partial charge in [-0.2, -0.15) is 11.8 Å². The summed E-state index contributed by atoms with van der Waals surface area (Å²) in [5.41, 5.74) is 1.05. The van der Waals surface area contributed by atoms with Gasteiger partial charge in [0, 0.05) is 29.3 Å². The van der Waals surface area contributed by atoms with Gasteiger partial charge in [0.25, 0.3) is 0 Å². The summed E-state index contributed by atoms with van der Waals surface area (Å²) in [5.74, 6) is 0.533. The first-order valence-electron chi connectivity index (χ1n) is 6.56. The van der Waals surface area contributed by atoms with Gasteiger partial charge in [-0.1, -0.05) is 0 Å². The highest BCUT2D eigenvalue weighted by molar-refractivity contribution is 7.98. The van der Waals surface area contributed by atoms with Crippen molar-refractivity contribution in [3.8, 4) is 0 Å². The lowest BCUT2D eigenvalue weighted by molar-refractivity contribution is -0.144. The number of aliphatic carboxylic acids is 1. The first-order chi connectivity index (χ1) is 9.56. The molecular weight excluding hydrogens is 296 g/mol. The molecule has 7 heteroatoms. The number of amides is 1. The predicted octanol–water partition coefficient (Wildman–Crippen LogP) is 2.15. The maximum absolute atomic E-state index is 12.0. The Morgan fingerprint density at radius 3 is 2.85 bits per heavy atom. The average Bonchev–Trinajstić information content (AvgIpc) is 3.14. The Balaban J connectivity index is 1.69. The van der Waals surface area contributed by atoms with E-state index in [9.17, 15) is 9.59 Å². The number of thiazole rings is 1. The molecule has 20 heavy (non-hydrogen) atoms. The third-order valence-electron chi connectivity index (χ3n) is 2.99. The summed E-state index contributed by atoms with van der Waals surface area (Å²) in [6.07, 6.45) is 2.27. The summed E-state index contributed by atoms with van der Waals surface area (Å²) in [7, 11) is 0. The van der Waals surface area contributed by atoms with E-state index in [-0.39, 0.29) is 18.5 Å². The molecule has 1 aliphatic carbocycles. The molecule has 1 saturated carbocycles. The summed E-state index contributed by atoms with van der Waals surface area (Å²) in [6.45, 7) is 1.81. The molecule has 0 spiro atoms. The molecule has 0 saturated heterocycles. The summed E-state index contributed by atoms with van der Waals surface area (Å²) in [5, 5.41) is 11.9. The number of hydrogen-bond acceptors (Lipinski definition) is 5. The van der Waals surface area contributed by atoms with Crippen LogP contribution in [0.3, 0.4) is 0 Å². The highest BCUT2D eigenvalue weighted by atomic mass is 32.2. The molecule has 1 aromatic heterocycles. The molecule has 0 radical (unpaired) electrons. The van der Waals surface area contributed by atoms with Gasteiger partial charge in [0.2, 0.25) is 5.91 Å². The van der Waals surface area contributed by atoms with Gasteiger partial charge in [-0.3, -0.25) is 9.59 Å². The number of nitrogens with zero attached hydrogens (tertiary/aromatic N) is 2. The largest absolute Gasteiger partial charge is 0.480 e. The Bertz CT molecular complexity index is 486. The minimum absolute atomic E-state index is 0.0446. The third-order valence-corrected chi connectivity index (χ3v) is 4.81. The lowest BCUT2D eigenvalue weighted by atomic mass is 10.3. The molecule has 2 rings (SSSR count). The number of aromatic nitrogens is 1. The molecular formula is C13H18N2O3S2. The molecule has 1 aromatic rings. The molecule has 1 fully saturated rings. The van der Waals surface area contributed by atoms with Crippen molar-refractivity contribution in [2.24, 2.45) is 0 Å². The van der Waals surface area contributed by atoms with Crippen LogP contribution in [0.1, 0.15) is 30.0 Å². The number of carbonyl (C=O) groups is 2. The molecule has 0 bridgehead atoms. The minimum Gasteiger partial charge on any atom is -0.480 e. The van der Waals surface area contributed by atoms with E-state index in [1.165, 1.54) is 4.90 Å². The SMILES string of the molecule is Cc1nc(CSCCC(=O)N(CC(=O)O)C2CC2)cs1. The van der Waals surface area contributed by atoms with Crippen LogP contribution in [-0.2, 0) is 15.3 Å². The maximum atomic E-state index is 12.0. The second kappa shape index (κ2) is 7.08. The van der Waals surface area contributed by atoms with Crippen LogP contribution >= 0.6 is 23.1 Å². The van der Waals surface area contributed by atoms with Crippen molar-refractivity contribution in [3.63, 3.8) is 0 Å². The molecule has 1 heterocycles.